The van der Waals surface area contributed by atoms with Crippen LogP contribution in [-0.2, 0) is 4.79 Å². The summed E-state index contributed by atoms with van der Waals surface area (Å²) in [5.74, 6) is -0.633. The number of anilines is 1. The molecule has 1 heterocycles. The molecule has 1 atom stereocenters. The Kier molecular flexibility index (Phi) is 4.49. The lowest BCUT2D eigenvalue weighted by Gasteiger charge is -2.29. The molecule has 0 spiro atoms. The smallest absolute Gasteiger partial charge is 0.327 e. The number of amides is 2. The van der Waals surface area contributed by atoms with Crippen LogP contribution >= 0.6 is 11.8 Å². The van der Waals surface area contributed by atoms with Crippen LogP contribution < -0.4 is 4.90 Å². The van der Waals surface area contributed by atoms with E-state index < -0.39 is 12.0 Å². The van der Waals surface area contributed by atoms with Crippen molar-refractivity contribution in [3.05, 3.63) is 30.1 Å². The molecule has 0 aromatic heterocycles. The minimum Gasteiger partial charge on any atom is -0.480 e. The molecule has 2 amide bonds. The van der Waals surface area contributed by atoms with Gasteiger partial charge >= 0.3 is 12.0 Å². The molecule has 0 radical (unpaired) electrons. The van der Waals surface area contributed by atoms with Gasteiger partial charge in [-0.2, -0.15) is 0 Å². The number of carboxylic acid groups (broad SMARTS) is 1. The van der Waals surface area contributed by atoms with E-state index in [0.717, 1.165) is 0 Å². The summed E-state index contributed by atoms with van der Waals surface area (Å²) in [5, 5.41) is 9.12. The third-order valence-electron chi connectivity index (χ3n) is 3.10. The summed E-state index contributed by atoms with van der Waals surface area (Å²) < 4.78 is 12.9. The first-order valence-electron chi connectivity index (χ1n) is 6.19. The van der Waals surface area contributed by atoms with Gasteiger partial charge in [0.1, 0.15) is 11.9 Å². The Morgan fingerprint density at radius 2 is 2.10 bits per heavy atom. The summed E-state index contributed by atoms with van der Waals surface area (Å²) in [7, 11) is 0. The number of aliphatic carboxylic acids is 1. The van der Waals surface area contributed by atoms with Gasteiger partial charge in [-0.25, -0.2) is 14.0 Å². The van der Waals surface area contributed by atoms with Crippen LogP contribution in [0.3, 0.4) is 0 Å². The van der Waals surface area contributed by atoms with E-state index >= 15 is 0 Å². The number of rotatable bonds is 3. The quantitative estimate of drug-likeness (QED) is 0.929. The van der Waals surface area contributed by atoms with Gasteiger partial charge in [-0.1, -0.05) is 0 Å². The van der Waals surface area contributed by atoms with E-state index in [2.05, 4.69) is 0 Å². The van der Waals surface area contributed by atoms with Crippen molar-refractivity contribution < 1.29 is 19.1 Å². The number of carbonyl (C=O) groups is 2. The van der Waals surface area contributed by atoms with Gasteiger partial charge in [-0.15, -0.1) is 11.8 Å². The van der Waals surface area contributed by atoms with Crippen molar-refractivity contribution in [1.82, 2.24) is 4.90 Å². The third kappa shape index (κ3) is 2.87. The molecular formula is C13H15FN2O3S. The second kappa shape index (κ2) is 6.13. The SMILES string of the molecule is CCN(C(=O)N1CSCC1C(=O)O)c1ccc(F)cc1. The van der Waals surface area contributed by atoms with Crippen LogP contribution in [0.15, 0.2) is 24.3 Å². The number of carboxylic acids is 1. The van der Waals surface area contributed by atoms with Gasteiger partial charge < -0.3 is 10.0 Å². The van der Waals surface area contributed by atoms with Crippen molar-refractivity contribution in [2.75, 3.05) is 23.1 Å². The Morgan fingerprint density at radius 1 is 1.45 bits per heavy atom. The molecule has 1 saturated heterocycles. The topological polar surface area (TPSA) is 60.9 Å². The van der Waals surface area contributed by atoms with E-state index in [1.165, 1.54) is 45.8 Å². The lowest BCUT2D eigenvalue weighted by molar-refractivity contribution is -0.140. The highest BCUT2D eigenvalue weighted by Crippen LogP contribution is 2.25. The van der Waals surface area contributed by atoms with Crippen LogP contribution in [0.5, 0.6) is 0 Å². The zero-order chi connectivity index (χ0) is 14.7. The molecule has 20 heavy (non-hydrogen) atoms. The molecule has 0 bridgehead atoms. The van der Waals surface area contributed by atoms with Crippen LogP contribution in [0, 0.1) is 5.82 Å². The van der Waals surface area contributed by atoms with Gasteiger partial charge in [0.2, 0.25) is 0 Å². The fourth-order valence-electron chi connectivity index (χ4n) is 2.04. The Morgan fingerprint density at radius 3 is 2.65 bits per heavy atom. The summed E-state index contributed by atoms with van der Waals surface area (Å²) in [4.78, 5) is 26.4. The third-order valence-corrected chi connectivity index (χ3v) is 4.11. The number of hydrogen-bond acceptors (Lipinski definition) is 3. The fraction of sp³-hybridized carbons (Fsp3) is 0.385. The van der Waals surface area contributed by atoms with Gasteiger partial charge in [0, 0.05) is 18.0 Å². The van der Waals surface area contributed by atoms with Crippen molar-refractivity contribution >= 4 is 29.4 Å². The van der Waals surface area contributed by atoms with Gasteiger partial charge in [0.15, 0.2) is 0 Å². The molecule has 2 rings (SSSR count). The standard InChI is InChI=1S/C13H15FN2O3S/c1-2-15(10-5-3-9(14)4-6-10)13(19)16-8-20-7-11(16)12(17)18/h3-6,11H,2,7-8H2,1H3,(H,17,18). The maximum Gasteiger partial charge on any atom is 0.327 e. The van der Waals surface area contributed by atoms with Crippen molar-refractivity contribution in [2.24, 2.45) is 0 Å². The van der Waals surface area contributed by atoms with Gasteiger partial charge in [0.25, 0.3) is 0 Å². The Bertz CT molecular complexity index is 509. The summed E-state index contributed by atoms with van der Waals surface area (Å²) in [6.07, 6.45) is 0. The van der Waals surface area contributed by atoms with E-state index in [9.17, 15) is 14.0 Å². The van der Waals surface area contributed by atoms with Crippen LogP contribution in [0.1, 0.15) is 6.92 Å². The van der Waals surface area contributed by atoms with E-state index in [4.69, 9.17) is 5.11 Å². The maximum absolute atomic E-state index is 12.9. The average molecular weight is 298 g/mol. The van der Waals surface area contributed by atoms with Crippen molar-refractivity contribution in [3.8, 4) is 0 Å². The largest absolute Gasteiger partial charge is 0.480 e. The Labute approximate surface area is 120 Å². The second-order valence-corrected chi connectivity index (χ2v) is 5.33. The van der Waals surface area contributed by atoms with Crippen LogP contribution in [-0.4, -0.2) is 46.2 Å². The zero-order valence-electron chi connectivity index (χ0n) is 11.0. The van der Waals surface area contributed by atoms with E-state index in [-0.39, 0.29) is 11.8 Å². The van der Waals surface area contributed by atoms with E-state index in [1.807, 2.05) is 0 Å². The van der Waals surface area contributed by atoms with Crippen molar-refractivity contribution in [1.29, 1.82) is 0 Å². The van der Waals surface area contributed by atoms with Crippen LogP contribution in [0.25, 0.3) is 0 Å². The first kappa shape index (κ1) is 14.6. The fourth-order valence-corrected chi connectivity index (χ4v) is 3.18. The van der Waals surface area contributed by atoms with Gasteiger partial charge in [-0.05, 0) is 31.2 Å². The van der Waals surface area contributed by atoms with Crippen LogP contribution in [0.4, 0.5) is 14.9 Å². The van der Waals surface area contributed by atoms with Crippen molar-refractivity contribution in [2.45, 2.75) is 13.0 Å². The molecule has 1 fully saturated rings. The highest BCUT2D eigenvalue weighted by atomic mass is 32.2. The highest BCUT2D eigenvalue weighted by Gasteiger charge is 2.36. The predicted molar refractivity (Wildman–Crippen MR) is 75.4 cm³/mol. The lowest BCUT2D eigenvalue weighted by atomic mass is 10.2. The molecule has 1 unspecified atom stereocenters. The molecule has 0 saturated carbocycles. The Balaban J connectivity index is 2.21. The monoisotopic (exact) mass is 298 g/mol. The van der Waals surface area contributed by atoms with Gasteiger partial charge in [-0.3, -0.25) is 4.90 Å². The van der Waals surface area contributed by atoms with Gasteiger partial charge in [0.05, 0.1) is 5.88 Å². The molecule has 7 heteroatoms. The number of urea groups is 1. The lowest BCUT2D eigenvalue weighted by Crippen LogP contribution is -2.48. The Hall–Kier alpha value is -1.76. The second-order valence-electron chi connectivity index (χ2n) is 4.33. The molecular weight excluding hydrogens is 283 g/mol. The maximum atomic E-state index is 12.9. The first-order valence-corrected chi connectivity index (χ1v) is 7.34. The van der Waals surface area contributed by atoms with E-state index in [1.54, 1.807) is 6.92 Å². The van der Waals surface area contributed by atoms with E-state index in [0.29, 0.717) is 23.9 Å². The molecule has 0 aliphatic carbocycles. The minimum absolute atomic E-state index is 0.355. The molecule has 108 valence electrons. The summed E-state index contributed by atoms with van der Waals surface area (Å²) >= 11 is 1.41. The molecule has 5 nitrogen and oxygen atoms in total. The minimum atomic E-state index is -1.00. The summed E-state index contributed by atoms with van der Waals surface area (Å²) in [5.41, 5.74) is 0.555. The summed E-state index contributed by atoms with van der Waals surface area (Å²) in [6, 6.07) is 4.40. The number of hydrogen-bond donors (Lipinski definition) is 1. The zero-order valence-corrected chi connectivity index (χ0v) is 11.8. The van der Waals surface area contributed by atoms with Crippen molar-refractivity contribution in [3.63, 3.8) is 0 Å². The number of nitrogens with zero attached hydrogens (tertiary/aromatic N) is 2. The molecule has 1 aromatic rings. The molecule has 1 N–H and O–H groups in total. The molecule has 1 aliphatic rings. The number of halogens is 1. The summed E-state index contributed by atoms with van der Waals surface area (Å²) in [6.45, 7) is 2.18. The van der Waals surface area contributed by atoms with Crippen LogP contribution in [0.2, 0.25) is 0 Å². The average Bonchev–Trinajstić information content (AvgIpc) is 2.91. The highest BCUT2D eigenvalue weighted by molar-refractivity contribution is 7.99. The number of thioether (sulfide) groups is 1. The first-order chi connectivity index (χ1) is 9.54. The normalized spacial score (nSPS) is 18.1. The molecule has 1 aromatic carbocycles. The number of benzene rings is 1. The predicted octanol–water partition coefficient (Wildman–Crippen LogP) is 2.23. The number of carbonyl (C=O) groups excluding carboxylic acids is 1. The molecule has 1 aliphatic heterocycles.